The minimum atomic E-state index is -0.514. The number of amides is 1. The van der Waals surface area contributed by atoms with Gasteiger partial charge in [0.1, 0.15) is 5.52 Å². The van der Waals surface area contributed by atoms with Crippen LogP contribution in [0.5, 0.6) is 0 Å². The van der Waals surface area contributed by atoms with Gasteiger partial charge in [0, 0.05) is 17.7 Å². The molecule has 0 aliphatic carbocycles. The Bertz CT molecular complexity index is 1450. The standard InChI is InChI=1S/C20H14N6O4S/c27-18(12-6-2-1-3-7-12)21-14(10-11-5-4-8-13(9-11)26(29)30)16-22-15-17(23-16)24-20(31)25-19(15)28/h1-10H,(H,21,27)(H3,22,23,24,25,28,31)/b14-10-. The Hall–Kier alpha value is -4.38. The number of H-pyrrole nitrogens is 3. The second-order valence-electron chi connectivity index (χ2n) is 6.45. The van der Waals surface area contributed by atoms with E-state index in [2.05, 4.69) is 25.3 Å². The predicted octanol–water partition coefficient (Wildman–Crippen LogP) is 3.15. The van der Waals surface area contributed by atoms with E-state index in [4.69, 9.17) is 12.2 Å². The maximum atomic E-state index is 12.7. The van der Waals surface area contributed by atoms with Crippen molar-refractivity contribution >= 4 is 46.7 Å². The third-order valence-electron chi connectivity index (χ3n) is 4.32. The molecule has 0 fully saturated rings. The highest BCUT2D eigenvalue weighted by Crippen LogP contribution is 2.19. The molecule has 0 saturated carbocycles. The van der Waals surface area contributed by atoms with Gasteiger partial charge in [-0.25, -0.2) is 4.98 Å². The summed E-state index contributed by atoms with van der Waals surface area (Å²) in [5.41, 5.74) is 0.851. The van der Waals surface area contributed by atoms with Crippen LogP contribution in [0.1, 0.15) is 21.7 Å². The van der Waals surface area contributed by atoms with Gasteiger partial charge in [-0.05, 0) is 36.0 Å². The zero-order valence-corrected chi connectivity index (χ0v) is 16.5. The maximum Gasteiger partial charge on any atom is 0.277 e. The number of carbonyl (C=O) groups excluding carboxylic acids is 1. The van der Waals surface area contributed by atoms with Gasteiger partial charge in [0.15, 0.2) is 16.2 Å². The molecule has 10 nitrogen and oxygen atoms in total. The van der Waals surface area contributed by atoms with Gasteiger partial charge in [-0.1, -0.05) is 30.3 Å². The lowest BCUT2D eigenvalue weighted by molar-refractivity contribution is -0.384. The Labute approximate surface area is 178 Å². The second-order valence-corrected chi connectivity index (χ2v) is 6.86. The van der Waals surface area contributed by atoms with Crippen LogP contribution >= 0.6 is 12.2 Å². The van der Waals surface area contributed by atoms with E-state index in [1.807, 2.05) is 0 Å². The molecule has 2 aromatic heterocycles. The molecule has 0 aliphatic heterocycles. The summed E-state index contributed by atoms with van der Waals surface area (Å²) in [6.45, 7) is 0. The molecule has 0 atom stereocenters. The summed E-state index contributed by atoms with van der Waals surface area (Å²) in [6.07, 6.45) is 1.52. The van der Waals surface area contributed by atoms with Gasteiger partial charge in [-0.3, -0.25) is 24.7 Å². The van der Waals surface area contributed by atoms with Crippen molar-refractivity contribution in [3.63, 3.8) is 0 Å². The molecule has 0 aliphatic rings. The van der Waals surface area contributed by atoms with Crippen molar-refractivity contribution in [3.8, 4) is 0 Å². The van der Waals surface area contributed by atoms with Crippen molar-refractivity contribution in [2.24, 2.45) is 0 Å². The van der Waals surface area contributed by atoms with Crippen molar-refractivity contribution in [1.29, 1.82) is 0 Å². The van der Waals surface area contributed by atoms with E-state index in [0.717, 1.165) is 0 Å². The third-order valence-corrected chi connectivity index (χ3v) is 4.53. The van der Waals surface area contributed by atoms with Crippen LogP contribution in [0.3, 0.4) is 0 Å². The summed E-state index contributed by atoms with van der Waals surface area (Å²) >= 11 is 4.97. The number of hydrogen-bond acceptors (Lipinski definition) is 6. The lowest BCUT2D eigenvalue weighted by Crippen LogP contribution is -2.22. The number of hydrogen-bond donors (Lipinski definition) is 4. The molecule has 0 saturated heterocycles. The molecule has 2 aromatic carbocycles. The molecule has 0 radical (unpaired) electrons. The Morgan fingerprint density at radius 1 is 1.10 bits per heavy atom. The number of non-ortho nitro benzene ring substituents is 1. The van der Waals surface area contributed by atoms with Crippen LogP contribution in [0.4, 0.5) is 5.69 Å². The zero-order chi connectivity index (χ0) is 22.0. The van der Waals surface area contributed by atoms with Crippen LogP contribution in [0.25, 0.3) is 22.9 Å². The monoisotopic (exact) mass is 434 g/mol. The van der Waals surface area contributed by atoms with E-state index in [1.165, 1.54) is 24.3 Å². The molecule has 154 valence electrons. The first-order valence-electron chi connectivity index (χ1n) is 8.96. The highest BCUT2D eigenvalue weighted by molar-refractivity contribution is 7.71. The van der Waals surface area contributed by atoms with Gasteiger partial charge in [-0.2, -0.15) is 0 Å². The van der Waals surface area contributed by atoms with Gasteiger partial charge in [0.05, 0.1) is 10.6 Å². The highest BCUT2D eigenvalue weighted by atomic mass is 32.1. The second kappa shape index (κ2) is 8.16. The largest absolute Gasteiger partial charge is 0.331 e. The van der Waals surface area contributed by atoms with Gasteiger partial charge in [-0.15, -0.1) is 0 Å². The molecule has 0 unspecified atom stereocenters. The first-order chi connectivity index (χ1) is 14.9. The molecular weight excluding hydrogens is 420 g/mol. The van der Waals surface area contributed by atoms with E-state index < -0.39 is 16.4 Å². The number of nitro benzene ring substituents is 1. The summed E-state index contributed by atoms with van der Waals surface area (Å²) in [6, 6.07) is 14.4. The summed E-state index contributed by atoms with van der Waals surface area (Å²) in [5.74, 6) is -0.243. The van der Waals surface area contributed by atoms with Gasteiger partial charge in [0.2, 0.25) is 0 Å². The minimum Gasteiger partial charge on any atom is -0.331 e. The Kier molecular flexibility index (Phi) is 5.24. The lowest BCUT2D eigenvalue weighted by atomic mass is 10.1. The van der Waals surface area contributed by atoms with Crippen molar-refractivity contribution in [2.75, 3.05) is 0 Å². The van der Waals surface area contributed by atoms with Crippen LogP contribution < -0.4 is 10.9 Å². The van der Waals surface area contributed by atoms with Crippen molar-refractivity contribution < 1.29 is 9.72 Å². The van der Waals surface area contributed by atoms with Gasteiger partial charge in [0.25, 0.3) is 17.2 Å². The van der Waals surface area contributed by atoms with Crippen LogP contribution in [-0.4, -0.2) is 30.8 Å². The number of benzene rings is 2. The fourth-order valence-corrected chi connectivity index (χ4v) is 3.09. The average Bonchev–Trinajstić information content (AvgIpc) is 3.18. The van der Waals surface area contributed by atoms with Crippen molar-refractivity contribution in [3.05, 3.63) is 96.8 Å². The fourth-order valence-electron chi connectivity index (χ4n) is 2.90. The Balaban J connectivity index is 1.83. The number of nitro groups is 1. The molecule has 31 heavy (non-hydrogen) atoms. The number of nitrogens with zero attached hydrogens (tertiary/aromatic N) is 2. The molecular formula is C20H14N6O4S. The number of aromatic amines is 3. The fraction of sp³-hybridized carbons (Fsp3) is 0. The highest BCUT2D eigenvalue weighted by Gasteiger charge is 2.15. The topological polar surface area (TPSA) is 150 Å². The summed E-state index contributed by atoms with van der Waals surface area (Å²) in [4.78, 5) is 47.9. The lowest BCUT2D eigenvalue weighted by Gasteiger charge is -2.08. The number of fused-ring (bicyclic) bond motifs is 1. The van der Waals surface area contributed by atoms with Crippen LogP contribution in [0, 0.1) is 14.9 Å². The molecule has 4 N–H and O–H groups in total. The molecule has 11 heteroatoms. The number of imidazole rings is 1. The predicted molar refractivity (Wildman–Crippen MR) is 117 cm³/mol. The van der Waals surface area contributed by atoms with Crippen LogP contribution in [0.2, 0.25) is 0 Å². The molecule has 4 rings (SSSR count). The zero-order valence-electron chi connectivity index (χ0n) is 15.7. The molecule has 1 amide bonds. The first-order valence-corrected chi connectivity index (χ1v) is 9.37. The quantitative estimate of drug-likeness (QED) is 0.215. The molecule has 4 aromatic rings. The summed E-state index contributed by atoms with van der Waals surface area (Å²) in [7, 11) is 0. The number of carbonyl (C=O) groups is 1. The van der Waals surface area contributed by atoms with E-state index in [0.29, 0.717) is 11.1 Å². The number of aromatic nitrogens is 4. The van der Waals surface area contributed by atoms with Crippen molar-refractivity contribution in [1.82, 2.24) is 25.3 Å². The van der Waals surface area contributed by atoms with Crippen LogP contribution in [0.15, 0.2) is 59.4 Å². The smallest absolute Gasteiger partial charge is 0.277 e. The Morgan fingerprint density at radius 2 is 1.87 bits per heavy atom. The van der Waals surface area contributed by atoms with Gasteiger partial charge >= 0.3 is 0 Å². The number of rotatable bonds is 5. The maximum absolute atomic E-state index is 12.7. The van der Waals surface area contributed by atoms with Gasteiger partial charge < -0.3 is 15.3 Å². The Morgan fingerprint density at radius 3 is 2.61 bits per heavy atom. The van der Waals surface area contributed by atoms with E-state index >= 15 is 0 Å². The summed E-state index contributed by atoms with van der Waals surface area (Å²) in [5, 5.41) is 13.9. The van der Waals surface area contributed by atoms with E-state index in [9.17, 15) is 19.7 Å². The average molecular weight is 434 g/mol. The number of nitrogens with one attached hydrogen (secondary N) is 4. The minimum absolute atomic E-state index is 0.104. The van der Waals surface area contributed by atoms with E-state index in [1.54, 1.807) is 36.4 Å². The van der Waals surface area contributed by atoms with Crippen molar-refractivity contribution in [2.45, 2.75) is 0 Å². The molecule has 2 heterocycles. The molecule has 0 spiro atoms. The first kappa shape index (κ1) is 19.9. The third kappa shape index (κ3) is 4.31. The normalized spacial score (nSPS) is 11.4. The van der Waals surface area contributed by atoms with Crippen LogP contribution in [-0.2, 0) is 0 Å². The SMILES string of the molecule is O=C(N/C(=C\c1cccc([N+](=O)[O-])c1)c1nc2[nH]c(=S)[nH]c(=O)c2[nH]1)c1ccccc1. The van der Waals surface area contributed by atoms with E-state index in [-0.39, 0.29) is 33.1 Å². The summed E-state index contributed by atoms with van der Waals surface area (Å²) < 4.78 is 0.105. The molecule has 0 bridgehead atoms.